The van der Waals surface area contributed by atoms with Gasteiger partial charge in [-0.15, -0.1) is 35.0 Å². The van der Waals surface area contributed by atoms with Crippen LogP contribution in [0, 0.1) is 11.5 Å². The number of hydrogen-bond acceptors (Lipinski definition) is 3. The molecule has 1 nitrogen and oxygen atoms in total. The van der Waals surface area contributed by atoms with Crippen molar-refractivity contribution < 1.29 is 4.42 Å². The lowest BCUT2D eigenvalue weighted by atomic mass is 10.2. The Balaban J connectivity index is 2.05. The SMILES string of the molecule is C[Si](C)(C)C#CCCC1(c2ccco2)SCCCS1. The zero-order chi connectivity index (χ0) is 13.8. The van der Waals surface area contributed by atoms with E-state index in [2.05, 4.69) is 37.2 Å². The van der Waals surface area contributed by atoms with E-state index in [4.69, 9.17) is 4.42 Å². The van der Waals surface area contributed by atoms with Gasteiger partial charge in [0.05, 0.1) is 6.26 Å². The van der Waals surface area contributed by atoms with Gasteiger partial charge in [0.15, 0.2) is 0 Å². The van der Waals surface area contributed by atoms with Crippen LogP contribution in [0.2, 0.25) is 19.6 Å². The summed E-state index contributed by atoms with van der Waals surface area (Å²) in [4.78, 5) is 0. The van der Waals surface area contributed by atoms with Gasteiger partial charge >= 0.3 is 0 Å². The van der Waals surface area contributed by atoms with Crippen molar-refractivity contribution in [1.29, 1.82) is 0 Å². The van der Waals surface area contributed by atoms with Gasteiger partial charge in [-0.2, -0.15) is 0 Å². The maximum atomic E-state index is 5.69. The molecule has 2 rings (SSSR count). The second kappa shape index (κ2) is 6.47. The Bertz CT molecular complexity index is 445. The minimum Gasteiger partial charge on any atom is -0.467 e. The molecule has 0 atom stereocenters. The first-order chi connectivity index (χ1) is 9.02. The van der Waals surface area contributed by atoms with Crippen LogP contribution in [0.25, 0.3) is 0 Å². The molecule has 0 bridgehead atoms. The molecule has 1 fully saturated rings. The fourth-order valence-electron chi connectivity index (χ4n) is 2.03. The molecule has 1 aliphatic heterocycles. The highest BCUT2D eigenvalue weighted by atomic mass is 32.2. The standard InChI is InChI=1S/C15H22OS2Si/c1-19(2,3)13-5-4-9-15(14-8-6-10-16-14)17-11-7-12-18-15/h6,8,10H,4,7,9,11-12H2,1-3H3. The molecule has 2 heterocycles. The number of thioether (sulfide) groups is 2. The normalized spacial score (nSPS) is 18.7. The van der Waals surface area contributed by atoms with E-state index < -0.39 is 8.07 Å². The molecule has 4 heteroatoms. The predicted molar refractivity (Wildman–Crippen MR) is 90.3 cm³/mol. The molecule has 0 radical (unpaired) electrons. The Kier molecular flexibility index (Phi) is 5.16. The van der Waals surface area contributed by atoms with Crippen molar-refractivity contribution >= 4 is 31.6 Å². The van der Waals surface area contributed by atoms with Crippen molar-refractivity contribution in [3.05, 3.63) is 24.2 Å². The minimum atomic E-state index is -1.23. The topological polar surface area (TPSA) is 13.1 Å². The summed E-state index contributed by atoms with van der Waals surface area (Å²) in [5.41, 5.74) is 3.46. The van der Waals surface area contributed by atoms with E-state index in [1.165, 1.54) is 17.9 Å². The molecule has 1 saturated heterocycles. The van der Waals surface area contributed by atoms with Crippen molar-refractivity contribution in [2.45, 2.75) is 43.0 Å². The van der Waals surface area contributed by atoms with E-state index in [1.807, 2.05) is 29.6 Å². The minimum absolute atomic E-state index is 0.107. The van der Waals surface area contributed by atoms with Gasteiger partial charge in [-0.05, 0) is 36.5 Å². The smallest absolute Gasteiger partial charge is 0.129 e. The van der Waals surface area contributed by atoms with E-state index >= 15 is 0 Å². The Morgan fingerprint density at radius 1 is 1.32 bits per heavy atom. The average Bonchev–Trinajstić information content (AvgIpc) is 2.89. The molecule has 0 saturated carbocycles. The quantitative estimate of drug-likeness (QED) is 0.578. The molecule has 0 N–H and O–H groups in total. The molecule has 0 aliphatic carbocycles. The zero-order valence-corrected chi connectivity index (χ0v) is 14.6. The van der Waals surface area contributed by atoms with Gasteiger partial charge in [-0.1, -0.05) is 19.6 Å². The number of rotatable bonds is 3. The van der Waals surface area contributed by atoms with Crippen LogP contribution in [0.15, 0.2) is 22.8 Å². The van der Waals surface area contributed by atoms with Gasteiger partial charge < -0.3 is 4.42 Å². The first-order valence-corrected chi connectivity index (χ1v) is 12.3. The summed E-state index contributed by atoms with van der Waals surface area (Å²) in [6, 6.07) is 4.12. The van der Waals surface area contributed by atoms with Crippen LogP contribution >= 0.6 is 23.5 Å². The number of furan rings is 1. The van der Waals surface area contributed by atoms with Crippen LogP contribution < -0.4 is 0 Å². The molecule has 1 aromatic heterocycles. The Morgan fingerprint density at radius 2 is 2.05 bits per heavy atom. The maximum absolute atomic E-state index is 5.69. The third-order valence-corrected chi connectivity index (χ3v) is 7.26. The highest BCUT2D eigenvalue weighted by molar-refractivity contribution is 8.18. The zero-order valence-electron chi connectivity index (χ0n) is 12.0. The fourth-order valence-corrected chi connectivity index (χ4v) is 5.95. The van der Waals surface area contributed by atoms with E-state index in [-0.39, 0.29) is 4.08 Å². The molecule has 0 amide bonds. The predicted octanol–water partition coefficient (Wildman–Crippen LogP) is 4.96. The van der Waals surface area contributed by atoms with E-state index in [0.717, 1.165) is 18.6 Å². The molecular weight excluding hydrogens is 288 g/mol. The van der Waals surface area contributed by atoms with Crippen LogP contribution in [0.1, 0.15) is 25.0 Å². The second-order valence-electron chi connectivity index (χ2n) is 5.83. The van der Waals surface area contributed by atoms with Crippen LogP contribution in [0.4, 0.5) is 0 Å². The van der Waals surface area contributed by atoms with Gasteiger partial charge in [0, 0.05) is 6.42 Å². The van der Waals surface area contributed by atoms with Crippen molar-refractivity contribution in [3.8, 4) is 11.5 Å². The first-order valence-electron chi connectivity index (χ1n) is 6.84. The van der Waals surface area contributed by atoms with E-state index in [9.17, 15) is 0 Å². The summed E-state index contributed by atoms with van der Waals surface area (Å²) in [5.74, 6) is 6.99. The van der Waals surface area contributed by atoms with Crippen molar-refractivity contribution in [2.75, 3.05) is 11.5 Å². The molecule has 1 aromatic rings. The van der Waals surface area contributed by atoms with Crippen molar-refractivity contribution in [2.24, 2.45) is 0 Å². The highest BCUT2D eigenvalue weighted by Gasteiger charge is 2.37. The van der Waals surface area contributed by atoms with Gasteiger partial charge in [0.25, 0.3) is 0 Å². The second-order valence-corrected chi connectivity index (χ2v) is 13.6. The molecule has 0 spiro atoms. The third kappa shape index (κ3) is 4.37. The van der Waals surface area contributed by atoms with E-state index in [0.29, 0.717) is 0 Å². The monoisotopic (exact) mass is 310 g/mol. The average molecular weight is 311 g/mol. The number of hydrogen-bond donors (Lipinski definition) is 0. The molecular formula is C15H22OS2Si. The van der Waals surface area contributed by atoms with Crippen LogP contribution in [0.3, 0.4) is 0 Å². The summed E-state index contributed by atoms with van der Waals surface area (Å²) in [7, 11) is -1.23. The molecule has 0 aromatic carbocycles. The van der Waals surface area contributed by atoms with Crippen LogP contribution in [-0.2, 0) is 4.08 Å². The molecule has 104 valence electrons. The van der Waals surface area contributed by atoms with Gasteiger partial charge in [0.2, 0.25) is 0 Å². The van der Waals surface area contributed by atoms with E-state index in [1.54, 1.807) is 6.26 Å². The van der Waals surface area contributed by atoms with Gasteiger partial charge in [-0.3, -0.25) is 0 Å². The Hall–Kier alpha value is -0.243. The maximum Gasteiger partial charge on any atom is 0.129 e. The fraction of sp³-hybridized carbons (Fsp3) is 0.600. The first kappa shape index (κ1) is 15.2. The summed E-state index contributed by atoms with van der Waals surface area (Å²) in [5, 5.41) is 0. The Labute approximate surface area is 126 Å². The van der Waals surface area contributed by atoms with Crippen molar-refractivity contribution in [3.63, 3.8) is 0 Å². The lowest BCUT2D eigenvalue weighted by Crippen LogP contribution is -2.22. The summed E-state index contributed by atoms with van der Waals surface area (Å²) >= 11 is 4.08. The van der Waals surface area contributed by atoms with Gasteiger partial charge in [-0.25, -0.2) is 0 Å². The highest BCUT2D eigenvalue weighted by Crippen LogP contribution is 2.53. The summed E-state index contributed by atoms with van der Waals surface area (Å²) in [6.07, 6.45) is 5.16. The summed E-state index contributed by atoms with van der Waals surface area (Å²) < 4.78 is 5.80. The third-order valence-electron chi connectivity index (χ3n) is 2.90. The van der Waals surface area contributed by atoms with Gasteiger partial charge in [0.1, 0.15) is 17.9 Å². The molecule has 1 aliphatic rings. The largest absolute Gasteiger partial charge is 0.467 e. The Morgan fingerprint density at radius 3 is 2.63 bits per heavy atom. The van der Waals surface area contributed by atoms with Crippen LogP contribution in [0.5, 0.6) is 0 Å². The lowest BCUT2D eigenvalue weighted by Gasteiger charge is -2.33. The molecule has 19 heavy (non-hydrogen) atoms. The lowest BCUT2D eigenvalue weighted by molar-refractivity contribution is 0.484. The summed E-state index contributed by atoms with van der Waals surface area (Å²) in [6.45, 7) is 6.89. The van der Waals surface area contributed by atoms with Crippen molar-refractivity contribution in [1.82, 2.24) is 0 Å². The molecule has 0 unspecified atom stereocenters. The van der Waals surface area contributed by atoms with Crippen LogP contribution in [-0.4, -0.2) is 19.6 Å².